The highest BCUT2D eigenvalue weighted by molar-refractivity contribution is 5.94. The van der Waals surface area contributed by atoms with Crippen LogP contribution in [-0.2, 0) is 5.41 Å². The number of hydrogen-bond acceptors (Lipinski definition) is 4. The second-order valence-electron chi connectivity index (χ2n) is 8.88. The van der Waals surface area contributed by atoms with Crippen LogP contribution in [0.15, 0.2) is 66.7 Å². The minimum Gasteiger partial charge on any atom is -0.496 e. The molecule has 1 atom stereocenters. The number of hydrogen-bond donors (Lipinski definition) is 1. The van der Waals surface area contributed by atoms with Crippen LogP contribution in [0.3, 0.4) is 0 Å². The summed E-state index contributed by atoms with van der Waals surface area (Å²) in [5.41, 5.74) is 4.25. The Labute approximate surface area is 188 Å². The van der Waals surface area contributed by atoms with Gasteiger partial charge in [0.2, 0.25) is 0 Å². The number of fused-ring (bicyclic) bond motifs is 1. The number of aromatic nitrogens is 3. The number of amides is 1. The van der Waals surface area contributed by atoms with E-state index >= 15 is 0 Å². The molecule has 0 saturated heterocycles. The Kier molecular flexibility index (Phi) is 5.70. The fourth-order valence-electron chi connectivity index (χ4n) is 3.59. The summed E-state index contributed by atoms with van der Waals surface area (Å²) in [5, 5.41) is 7.83. The SMILES string of the molecule is COc1ccccc1-c1cc(C(=O)NC(C)c2ccccc2)n2nc(C(C)(C)C)cc2n1. The highest BCUT2D eigenvalue weighted by Crippen LogP contribution is 2.30. The van der Waals surface area contributed by atoms with Gasteiger partial charge in [0.25, 0.3) is 5.91 Å². The van der Waals surface area contributed by atoms with Crippen LogP contribution in [0.25, 0.3) is 16.9 Å². The highest BCUT2D eigenvalue weighted by Gasteiger charge is 2.23. The fraction of sp³-hybridized carbons (Fsp3) is 0.269. The molecule has 0 spiro atoms. The van der Waals surface area contributed by atoms with Crippen LogP contribution in [0.5, 0.6) is 5.75 Å². The lowest BCUT2D eigenvalue weighted by atomic mass is 9.93. The Bertz CT molecular complexity index is 1260. The summed E-state index contributed by atoms with van der Waals surface area (Å²) in [6, 6.07) is 21.1. The summed E-state index contributed by atoms with van der Waals surface area (Å²) in [6.45, 7) is 8.24. The predicted molar refractivity (Wildman–Crippen MR) is 126 cm³/mol. The van der Waals surface area contributed by atoms with Gasteiger partial charge in [-0.25, -0.2) is 9.50 Å². The van der Waals surface area contributed by atoms with E-state index in [9.17, 15) is 4.79 Å². The topological polar surface area (TPSA) is 68.5 Å². The third-order valence-electron chi connectivity index (χ3n) is 5.46. The van der Waals surface area contributed by atoms with Crippen molar-refractivity contribution >= 4 is 11.6 Å². The van der Waals surface area contributed by atoms with Crippen molar-refractivity contribution in [2.24, 2.45) is 0 Å². The Balaban J connectivity index is 1.83. The summed E-state index contributed by atoms with van der Waals surface area (Å²) >= 11 is 0. The van der Waals surface area contributed by atoms with E-state index in [1.165, 1.54) is 0 Å². The van der Waals surface area contributed by atoms with Crippen molar-refractivity contribution in [1.82, 2.24) is 19.9 Å². The maximum Gasteiger partial charge on any atom is 0.270 e. The molecule has 0 bridgehead atoms. The molecule has 2 aromatic carbocycles. The third kappa shape index (κ3) is 4.21. The molecule has 4 aromatic rings. The summed E-state index contributed by atoms with van der Waals surface area (Å²) in [7, 11) is 1.63. The van der Waals surface area contributed by atoms with Crippen LogP contribution in [-0.4, -0.2) is 27.6 Å². The summed E-state index contributed by atoms with van der Waals surface area (Å²) in [4.78, 5) is 18.2. The molecule has 2 heterocycles. The lowest BCUT2D eigenvalue weighted by Gasteiger charge is -2.16. The monoisotopic (exact) mass is 428 g/mol. The summed E-state index contributed by atoms with van der Waals surface area (Å²) < 4.78 is 7.16. The smallest absolute Gasteiger partial charge is 0.270 e. The molecule has 1 unspecified atom stereocenters. The Morgan fingerprint density at radius 3 is 2.41 bits per heavy atom. The number of nitrogens with one attached hydrogen (secondary N) is 1. The van der Waals surface area contributed by atoms with Gasteiger partial charge in [0, 0.05) is 17.0 Å². The summed E-state index contributed by atoms with van der Waals surface area (Å²) in [5.74, 6) is 0.484. The van der Waals surface area contributed by atoms with Gasteiger partial charge in [-0.15, -0.1) is 0 Å². The first-order chi connectivity index (χ1) is 15.3. The maximum atomic E-state index is 13.4. The number of ether oxygens (including phenoxy) is 1. The van der Waals surface area contributed by atoms with Crippen molar-refractivity contribution < 1.29 is 9.53 Å². The van der Waals surface area contributed by atoms with Crippen molar-refractivity contribution in [3.63, 3.8) is 0 Å². The van der Waals surface area contributed by atoms with E-state index in [2.05, 4.69) is 26.1 Å². The van der Waals surface area contributed by atoms with E-state index in [4.69, 9.17) is 14.8 Å². The zero-order valence-corrected chi connectivity index (χ0v) is 19.1. The molecular weight excluding hydrogens is 400 g/mol. The molecule has 4 rings (SSSR count). The van der Waals surface area contributed by atoms with Crippen LogP contribution >= 0.6 is 0 Å². The van der Waals surface area contributed by atoms with Gasteiger partial charge in [0.15, 0.2) is 5.65 Å². The van der Waals surface area contributed by atoms with Gasteiger partial charge in [0.1, 0.15) is 11.4 Å². The van der Waals surface area contributed by atoms with Gasteiger partial charge < -0.3 is 10.1 Å². The molecule has 0 saturated carbocycles. The predicted octanol–water partition coefficient (Wildman–Crippen LogP) is 5.19. The van der Waals surface area contributed by atoms with Crippen LogP contribution in [0.4, 0.5) is 0 Å². The van der Waals surface area contributed by atoms with Gasteiger partial charge >= 0.3 is 0 Å². The molecule has 0 radical (unpaired) electrons. The number of methoxy groups -OCH3 is 1. The number of para-hydroxylation sites is 1. The average molecular weight is 429 g/mol. The molecule has 0 aliphatic rings. The molecule has 2 aromatic heterocycles. The van der Waals surface area contributed by atoms with Gasteiger partial charge in [-0.3, -0.25) is 4.79 Å². The quantitative estimate of drug-likeness (QED) is 0.475. The van der Waals surface area contributed by atoms with E-state index in [0.29, 0.717) is 22.8 Å². The molecule has 1 amide bonds. The molecular formula is C26H28N4O2. The van der Waals surface area contributed by atoms with Crippen molar-refractivity contribution in [3.8, 4) is 17.0 Å². The number of nitrogens with zero attached hydrogens (tertiary/aromatic N) is 3. The van der Waals surface area contributed by atoms with E-state index in [1.54, 1.807) is 17.7 Å². The van der Waals surface area contributed by atoms with E-state index in [-0.39, 0.29) is 17.4 Å². The number of carbonyl (C=O) groups is 1. The largest absolute Gasteiger partial charge is 0.496 e. The lowest BCUT2D eigenvalue weighted by Crippen LogP contribution is -2.29. The second-order valence-corrected chi connectivity index (χ2v) is 8.88. The fourth-order valence-corrected chi connectivity index (χ4v) is 3.59. The van der Waals surface area contributed by atoms with Crippen LogP contribution in [0.2, 0.25) is 0 Å². The normalized spacial score (nSPS) is 12.5. The molecule has 0 aliphatic heterocycles. The van der Waals surface area contributed by atoms with Crippen LogP contribution < -0.4 is 10.1 Å². The maximum absolute atomic E-state index is 13.4. The number of carbonyl (C=O) groups excluding carboxylic acids is 1. The first-order valence-corrected chi connectivity index (χ1v) is 10.7. The molecule has 6 heteroatoms. The third-order valence-corrected chi connectivity index (χ3v) is 5.46. The Morgan fingerprint density at radius 2 is 1.72 bits per heavy atom. The van der Waals surface area contributed by atoms with E-state index < -0.39 is 0 Å². The van der Waals surface area contributed by atoms with E-state index in [1.807, 2.05) is 67.6 Å². The van der Waals surface area contributed by atoms with Crippen LogP contribution in [0, 0.1) is 0 Å². The highest BCUT2D eigenvalue weighted by atomic mass is 16.5. The first kappa shape index (κ1) is 21.6. The zero-order chi connectivity index (χ0) is 22.9. The van der Waals surface area contributed by atoms with Crippen LogP contribution in [0.1, 0.15) is 55.5 Å². The standard InChI is InChI=1S/C26H28N4O2/c1-17(18-11-7-6-8-12-18)27-25(31)21-15-20(19-13-9-10-14-22(19)32-5)28-24-16-23(26(2,3)4)29-30(21)24/h6-17H,1-5H3,(H,27,31). The molecule has 32 heavy (non-hydrogen) atoms. The first-order valence-electron chi connectivity index (χ1n) is 10.7. The zero-order valence-electron chi connectivity index (χ0n) is 19.1. The molecule has 1 N–H and O–H groups in total. The van der Waals surface area contributed by atoms with Gasteiger partial charge in [-0.1, -0.05) is 63.2 Å². The van der Waals surface area contributed by atoms with Gasteiger partial charge in [-0.05, 0) is 30.7 Å². The number of benzene rings is 2. The minimum absolute atomic E-state index is 0.153. The molecule has 0 fully saturated rings. The molecule has 6 nitrogen and oxygen atoms in total. The van der Waals surface area contributed by atoms with Crippen molar-refractivity contribution in [2.75, 3.05) is 7.11 Å². The van der Waals surface area contributed by atoms with Crippen molar-refractivity contribution in [2.45, 2.75) is 39.2 Å². The average Bonchev–Trinajstić information content (AvgIpc) is 3.24. The molecule has 164 valence electrons. The van der Waals surface area contributed by atoms with Crippen molar-refractivity contribution in [1.29, 1.82) is 0 Å². The second kappa shape index (κ2) is 8.46. The summed E-state index contributed by atoms with van der Waals surface area (Å²) in [6.07, 6.45) is 0. The van der Waals surface area contributed by atoms with Gasteiger partial charge in [-0.2, -0.15) is 5.10 Å². The van der Waals surface area contributed by atoms with Crippen molar-refractivity contribution in [3.05, 3.63) is 83.7 Å². The van der Waals surface area contributed by atoms with Gasteiger partial charge in [0.05, 0.1) is 24.5 Å². The Morgan fingerprint density at radius 1 is 1.03 bits per heavy atom. The van der Waals surface area contributed by atoms with E-state index in [0.717, 1.165) is 16.8 Å². The molecule has 0 aliphatic carbocycles. The lowest BCUT2D eigenvalue weighted by molar-refractivity contribution is 0.0932. The number of rotatable bonds is 5. The minimum atomic E-state index is -0.214. The Hall–Kier alpha value is -3.67.